The van der Waals surface area contributed by atoms with E-state index in [2.05, 4.69) is 20.5 Å². The largest absolute Gasteiger partial charge is 0.344 e. The average Bonchev–Trinajstić information content (AvgIpc) is 3.20. The standard InChI is InChI=1S/C17H17ClN6O/c1-23-15(18)9-13(22-23)17(25)21-12-5-4-6-14-11(12)10-20-24(14)16-7-2-3-8-19-16/h2-3,7-10,12H,4-6H2,1H3,(H,21,25). The number of hydrogen-bond donors (Lipinski definition) is 1. The quantitative estimate of drug-likeness (QED) is 0.782. The van der Waals surface area contributed by atoms with Crippen molar-refractivity contribution in [2.45, 2.75) is 25.3 Å². The molecule has 3 aromatic rings. The molecule has 4 rings (SSSR count). The van der Waals surface area contributed by atoms with Gasteiger partial charge in [-0.15, -0.1) is 0 Å². The first-order chi connectivity index (χ1) is 12.1. The minimum Gasteiger partial charge on any atom is -0.344 e. The van der Waals surface area contributed by atoms with Crippen molar-refractivity contribution in [3.05, 3.63) is 58.8 Å². The molecule has 0 saturated heterocycles. The van der Waals surface area contributed by atoms with Crippen LogP contribution >= 0.6 is 11.6 Å². The lowest BCUT2D eigenvalue weighted by molar-refractivity contribution is 0.0927. The second-order valence-electron chi connectivity index (χ2n) is 6.04. The summed E-state index contributed by atoms with van der Waals surface area (Å²) in [7, 11) is 1.70. The normalized spacial score (nSPS) is 16.5. The number of rotatable bonds is 3. The van der Waals surface area contributed by atoms with Crippen molar-refractivity contribution in [1.29, 1.82) is 0 Å². The molecule has 0 radical (unpaired) electrons. The van der Waals surface area contributed by atoms with E-state index in [9.17, 15) is 4.79 Å². The zero-order valence-electron chi connectivity index (χ0n) is 13.7. The third-order valence-electron chi connectivity index (χ3n) is 4.41. The van der Waals surface area contributed by atoms with E-state index < -0.39 is 0 Å². The molecule has 3 aromatic heterocycles. The maximum Gasteiger partial charge on any atom is 0.272 e. The number of aryl methyl sites for hydroxylation is 1. The van der Waals surface area contributed by atoms with E-state index in [-0.39, 0.29) is 11.9 Å². The summed E-state index contributed by atoms with van der Waals surface area (Å²) in [6.07, 6.45) is 6.32. The lowest BCUT2D eigenvalue weighted by Crippen LogP contribution is -2.31. The average molecular weight is 357 g/mol. The fourth-order valence-electron chi connectivity index (χ4n) is 3.17. The summed E-state index contributed by atoms with van der Waals surface area (Å²) in [5, 5.41) is 12.1. The van der Waals surface area contributed by atoms with E-state index in [0.29, 0.717) is 10.8 Å². The Kier molecular flexibility index (Phi) is 4.01. The molecule has 1 unspecified atom stereocenters. The number of fused-ring (bicyclic) bond motifs is 1. The van der Waals surface area contributed by atoms with Crippen molar-refractivity contribution in [3.8, 4) is 5.82 Å². The van der Waals surface area contributed by atoms with Crippen LogP contribution in [0.5, 0.6) is 0 Å². The van der Waals surface area contributed by atoms with E-state index in [1.165, 1.54) is 4.68 Å². The summed E-state index contributed by atoms with van der Waals surface area (Å²) in [5.74, 6) is 0.554. The molecule has 1 aliphatic carbocycles. The number of aromatic nitrogens is 5. The Balaban J connectivity index is 1.60. The second kappa shape index (κ2) is 6.33. The van der Waals surface area contributed by atoms with Gasteiger partial charge in [0, 0.05) is 24.9 Å². The van der Waals surface area contributed by atoms with Crippen LogP contribution in [0.2, 0.25) is 5.15 Å². The highest BCUT2D eigenvalue weighted by Crippen LogP contribution is 2.31. The van der Waals surface area contributed by atoms with Gasteiger partial charge in [-0.25, -0.2) is 9.67 Å². The first-order valence-electron chi connectivity index (χ1n) is 8.12. The van der Waals surface area contributed by atoms with Crippen molar-refractivity contribution in [3.63, 3.8) is 0 Å². The zero-order valence-corrected chi connectivity index (χ0v) is 14.4. The van der Waals surface area contributed by atoms with Crippen molar-refractivity contribution in [2.75, 3.05) is 0 Å². The molecule has 25 heavy (non-hydrogen) atoms. The molecule has 0 saturated carbocycles. The molecule has 8 heteroatoms. The van der Waals surface area contributed by atoms with Crippen molar-refractivity contribution >= 4 is 17.5 Å². The molecule has 1 aliphatic rings. The third-order valence-corrected chi connectivity index (χ3v) is 4.76. The molecule has 1 amide bonds. The summed E-state index contributed by atoms with van der Waals surface area (Å²) in [4.78, 5) is 16.8. The smallest absolute Gasteiger partial charge is 0.272 e. The second-order valence-corrected chi connectivity index (χ2v) is 6.43. The van der Waals surface area contributed by atoms with Crippen LogP contribution in [0, 0.1) is 0 Å². The SMILES string of the molecule is Cn1nc(C(=O)NC2CCCc3c2cnn3-c2ccccn2)cc1Cl. The minimum absolute atomic E-state index is 0.0884. The number of amides is 1. The summed E-state index contributed by atoms with van der Waals surface area (Å²) in [6, 6.07) is 7.21. The summed E-state index contributed by atoms with van der Waals surface area (Å²) < 4.78 is 3.33. The van der Waals surface area contributed by atoms with E-state index >= 15 is 0 Å². The first kappa shape index (κ1) is 15.8. The van der Waals surface area contributed by atoms with Gasteiger partial charge in [0.1, 0.15) is 5.15 Å². The number of pyridine rings is 1. The maximum absolute atomic E-state index is 12.5. The van der Waals surface area contributed by atoms with Crippen LogP contribution in [-0.4, -0.2) is 30.5 Å². The summed E-state index contributed by atoms with van der Waals surface area (Å²) >= 11 is 5.97. The molecule has 128 valence electrons. The predicted octanol–water partition coefficient (Wildman–Crippen LogP) is 2.46. The highest BCUT2D eigenvalue weighted by atomic mass is 35.5. The Bertz CT molecular complexity index is 897. The number of halogens is 1. The fourth-order valence-corrected chi connectivity index (χ4v) is 3.31. The van der Waals surface area contributed by atoms with Crippen molar-refractivity contribution in [2.24, 2.45) is 7.05 Å². The molecule has 0 bridgehead atoms. The van der Waals surface area contributed by atoms with Gasteiger partial charge in [-0.1, -0.05) is 17.7 Å². The van der Waals surface area contributed by atoms with Crippen molar-refractivity contribution in [1.82, 2.24) is 29.9 Å². The molecule has 1 N–H and O–H groups in total. The monoisotopic (exact) mass is 356 g/mol. The Labute approximate surface area is 149 Å². The van der Waals surface area contributed by atoms with Gasteiger partial charge in [0.15, 0.2) is 11.5 Å². The Morgan fingerprint density at radius 1 is 1.40 bits per heavy atom. The van der Waals surface area contributed by atoms with Gasteiger partial charge in [-0.2, -0.15) is 10.2 Å². The number of carbonyl (C=O) groups is 1. The van der Waals surface area contributed by atoms with Crippen LogP contribution in [-0.2, 0) is 13.5 Å². The molecular weight excluding hydrogens is 340 g/mol. The van der Waals surface area contributed by atoms with Gasteiger partial charge in [-0.05, 0) is 31.4 Å². The van der Waals surface area contributed by atoms with Gasteiger partial charge in [0.2, 0.25) is 0 Å². The van der Waals surface area contributed by atoms with E-state index in [4.69, 9.17) is 11.6 Å². The Hall–Kier alpha value is -2.67. The molecular formula is C17H17ClN6O. The number of nitrogens with zero attached hydrogens (tertiary/aromatic N) is 5. The predicted molar refractivity (Wildman–Crippen MR) is 92.7 cm³/mol. The van der Waals surface area contributed by atoms with Gasteiger partial charge >= 0.3 is 0 Å². The molecule has 0 spiro atoms. The van der Waals surface area contributed by atoms with Crippen molar-refractivity contribution < 1.29 is 4.79 Å². The fraction of sp³-hybridized carbons (Fsp3) is 0.294. The molecule has 0 aromatic carbocycles. The zero-order chi connectivity index (χ0) is 17.4. The lowest BCUT2D eigenvalue weighted by Gasteiger charge is -2.23. The van der Waals surface area contributed by atoms with Gasteiger partial charge in [-0.3, -0.25) is 9.48 Å². The van der Waals surface area contributed by atoms with Gasteiger partial charge in [0.05, 0.1) is 17.9 Å². The number of nitrogens with one attached hydrogen (secondary N) is 1. The minimum atomic E-state index is -0.231. The highest BCUT2D eigenvalue weighted by Gasteiger charge is 2.27. The summed E-state index contributed by atoms with van der Waals surface area (Å²) in [5.41, 5.74) is 2.44. The third kappa shape index (κ3) is 2.91. The highest BCUT2D eigenvalue weighted by molar-refractivity contribution is 6.29. The van der Waals surface area contributed by atoms with Crippen LogP contribution in [0.15, 0.2) is 36.7 Å². The van der Waals surface area contributed by atoms with Gasteiger partial charge < -0.3 is 5.32 Å². The summed E-state index contributed by atoms with van der Waals surface area (Å²) in [6.45, 7) is 0. The Morgan fingerprint density at radius 3 is 3.00 bits per heavy atom. The van der Waals surface area contributed by atoms with Crippen LogP contribution in [0.4, 0.5) is 0 Å². The molecule has 1 atom stereocenters. The number of carbonyl (C=O) groups excluding carboxylic acids is 1. The topological polar surface area (TPSA) is 77.6 Å². The maximum atomic E-state index is 12.5. The first-order valence-corrected chi connectivity index (χ1v) is 8.50. The van der Waals surface area contributed by atoms with Crippen LogP contribution in [0.1, 0.15) is 40.6 Å². The van der Waals surface area contributed by atoms with Crippen LogP contribution < -0.4 is 5.32 Å². The molecule has 0 aliphatic heterocycles. The van der Waals surface area contributed by atoms with Crippen LogP contribution in [0.25, 0.3) is 5.82 Å². The van der Waals surface area contributed by atoms with E-state index in [1.807, 2.05) is 29.1 Å². The number of hydrogen-bond acceptors (Lipinski definition) is 4. The molecule has 3 heterocycles. The molecule has 7 nitrogen and oxygen atoms in total. The lowest BCUT2D eigenvalue weighted by atomic mass is 9.93. The van der Waals surface area contributed by atoms with Gasteiger partial charge in [0.25, 0.3) is 5.91 Å². The van der Waals surface area contributed by atoms with E-state index in [0.717, 1.165) is 36.3 Å². The van der Waals surface area contributed by atoms with Crippen LogP contribution in [0.3, 0.4) is 0 Å². The molecule has 0 fully saturated rings. The Morgan fingerprint density at radius 2 is 2.28 bits per heavy atom. The van der Waals surface area contributed by atoms with E-state index in [1.54, 1.807) is 19.3 Å².